The van der Waals surface area contributed by atoms with E-state index in [1.54, 1.807) is 0 Å². The van der Waals surface area contributed by atoms with Crippen molar-refractivity contribution in [3.05, 3.63) is 0 Å². The Morgan fingerprint density at radius 2 is 1.09 bits per heavy atom. The summed E-state index contributed by atoms with van der Waals surface area (Å²) in [6, 6.07) is 0. The van der Waals surface area contributed by atoms with Crippen LogP contribution in [0.25, 0.3) is 0 Å². The fourth-order valence-electron chi connectivity index (χ4n) is 2.49. The summed E-state index contributed by atoms with van der Waals surface area (Å²) < 4.78 is 0. The molecule has 1 unspecified atom stereocenters. The first-order valence-electron chi connectivity index (χ1n) is 8.60. The number of halogens is 1. The average Bonchev–Trinajstić information content (AvgIpc) is 2.43. The molecule has 0 bridgehead atoms. The van der Waals surface area contributed by atoms with Crippen molar-refractivity contribution in [1.29, 1.82) is 0 Å². The molecule has 5 heteroatoms. The summed E-state index contributed by atoms with van der Waals surface area (Å²) in [5, 5.41) is 17.9. The Morgan fingerprint density at radius 1 is 0.727 bits per heavy atom. The van der Waals surface area contributed by atoms with Gasteiger partial charge in [-0.2, -0.15) is 0 Å². The van der Waals surface area contributed by atoms with Crippen LogP contribution in [0.3, 0.4) is 0 Å². The molecule has 0 aliphatic heterocycles. The second kappa shape index (κ2) is 21.1. The van der Waals surface area contributed by atoms with Crippen molar-refractivity contribution in [2.24, 2.45) is 0 Å². The van der Waals surface area contributed by atoms with E-state index in [1.165, 1.54) is 70.8 Å². The lowest BCUT2D eigenvalue weighted by Crippen LogP contribution is -2.12. The minimum atomic E-state index is -0.498. The van der Waals surface area contributed by atoms with Gasteiger partial charge in [0, 0.05) is 0 Å². The van der Waals surface area contributed by atoms with E-state index in [-0.39, 0.29) is 25.2 Å². The predicted molar refractivity (Wildman–Crippen MR) is 99.3 cm³/mol. The lowest BCUT2D eigenvalue weighted by atomic mass is 10.0. The van der Waals surface area contributed by atoms with E-state index in [0.717, 1.165) is 12.8 Å². The molecule has 1 atom stereocenters. The van der Waals surface area contributed by atoms with Crippen LogP contribution in [0, 0.1) is 0 Å². The predicted octanol–water partition coefficient (Wildman–Crippen LogP) is 4.17. The molecule has 0 aromatic rings. The minimum absolute atomic E-state index is 0. The summed E-state index contributed by atoms with van der Waals surface area (Å²) >= 11 is 0. The van der Waals surface area contributed by atoms with Crippen LogP contribution in [-0.4, -0.2) is 48.5 Å². The monoisotopic (exact) mass is 340 g/mol. The Kier molecular flexibility index (Phi) is 25.9. The van der Waals surface area contributed by atoms with Crippen LogP contribution in [0.1, 0.15) is 77.0 Å². The van der Waals surface area contributed by atoms with Gasteiger partial charge in [0.25, 0.3) is 0 Å². The minimum Gasteiger partial charge on any atom is -0.394 e. The van der Waals surface area contributed by atoms with Crippen LogP contribution < -0.4 is 6.15 Å². The molecular formula is C17H41ClN2O2. The van der Waals surface area contributed by atoms with Gasteiger partial charge in [-0.15, -0.1) is 12.4 Å². The zero-order valence-electron chi connectivity index (χ0n) is 14.9. The van der Waals surface area contributed by atoms with Crippen LogP contribution in [0.5, 0.6) is 0 Å². The highest BCUT2D eigenvalue weighted by Gasteiger charge is 2.00. The van der Waals surface area contributed by atoms with Gasteiger partial charge in [0.05, 0.1) is 12.7 Å². The SMILES string of the molecule is CN(C)CCCCCCCCCCCCCC(O)CO.Cl.N. The van der Waals surface area contributed by atoms with Crippen molar-refractivity contribution >= 4 is 12.4 Å². The van der Waals surface area contributed by atoms with Gasteiger partial charge in [-0.25, -0.2) is 0 Å². The molecule has 0 aliphatic carbocycles. The largest absolute Gasteiger partial charge is 0.394 e. The zero-order chi connectivity index (χ0) is 15.1. The smallest absolute Gasteiger partial charge is 0.0770 e. The number of nitrogens with zero attached hydrogens (tertiary/aromatic N) is 1. The summed E-state index contributed by atoms with van der Waals surface area (Å²) in [7, 11) is 4.29. The number of aliphatic hydroxyl groups is 2. The lowest BCUT2D eigenvalue weighted by molar-refractivity contribution is 0.0860. The molecule has 138 valence electrons. The third-order valence-corrected chi connectivity index (χ3v) is 3.85. The molecule has 0 aromatic heterocycles. The summed E-state index contributed by atoms with van der Waals surface area (Å²) in [6.45, 7) is 1.14. The molecule has 0 rings (SSSR count). The van der Waals surface area contributed by atoms with Crippen molar-refractivity contribution in [3.63, 3.8) is 0 Å². The van der Waals surface area contributed by atoms with Crippen molar-refractivity contribution < 1.29 is 10.2 Å². The first-order chi connectivity index (χ1) is 9.66. The summed E-state index contributed by atoms with van der Waals surface area (Å²) in [4.78, 5) is 2.26. The van der Waals surface area contributed by atoms with Crippen LogP contribution in [-0.2, 0) is 0 Å². The maximum Gasteiger partial charge on any atom is 0.0770 e. The first kappa shape index (κ1) is 27.0. The van der Waals surface area contributed by atoms with Gasteiger partial charge >= 0.3 is 0 Å². The number of hydrogen-bond donors (Lipinski definition) is 3. The molecule has 0 spiro atoms. The highest BCUT2D eigenvalue weighted by molar-refractivity contribution is 5.85. The Balaban J connectivity index is -0.00000180. The van der Waals surface area contributed by atoms with Gasteiger partial charge in [0.2, 0.25) is 0 Å². The molecule has 0 aliphatic rings. The molecule has 0 heterocycles. The number of aliphatic hydroxyl groups excluding tert-OH is 2. The maximum absolute atomic E-state index is 9.20. The molecule has 4 nitrogen and oxygen atoms in total. The molecular weight excluding hydrogens is 300 g/mol. The van der Waals surface area contributed by atoms with Gasteiger partial charge in [-0.1, -0.05) is 64.2 Å². The van der Waals surface area contributed by atoms with E-state index >= 15 is 0 Å². The topological polar surface area (TPSA) is 78.7 Å². The van der Waals surface area contributed by atoms with Gasteiger partial charge in [0.15, 0.2) is 0 Å². The lowest BCUT2D eigenvalue weighted by Gasteiger charge is -2.08. The van der Waals surface area contributed by atoms with Crippen LogP contribution in [0.2, 0.25) is 0 Å². The fourth-order valence-corrected chi connectivity index (χ4v) is 2.49. The average molecular weight is 341 g/mol. The Labute approximate surface area is 144 Å². The third kappa shape index (κ3) is 22.4. The zero-order valence-corrected chi connectivity index (χ0v) is 15.8. The summed E-state index contributed by atoms with van der Waals surface area (Å²) in [5.74, 6) is 0. The molecule has 0 amide bonds. The van der Waals surface area contributed by atoms with Crippen molar-refractivity contribution in [2.45, 2.75) is 83.2 Å². The summed E-state index contributed by atoms with van der Waals surface area (Å²) in [5.41, 5.74) is 0. The van der Waals surface area contributed by atoms with E-state index in [0.29, 0.717) is 0 Å². The van der Waals surface area contributed by atoms with Crippen LogP contribution in [0.4, 0.5) is 0 Å². The second-order valence-electron chi connectivity index (χ2n) is 6.32. The third-order valence-electron chi connectivity index (χ3n) is 3.85. The number of rotatable bonds is 15. The molecule has 0 aromatic carbocycles. The van der Waals surface area contributed by atoms with E-state index < -0.39 is 6.10 Å². The first-order valence-corrected chi connectivity index (χ1v) is 8.60. The number of hydrogen-bond acceptors (Lipinski definition) is 4. The second-order valence-corrected chi connectivity index (χ2v) is 6.32. The molecule has 22 heavy (non-hydrogen) atoms. The molecule has 0 saturated carbocycles. The van der Waals surface area contributed by atoms with Gasteiger partial charge in [-0.3, -0.25) is 0 Å². The van der Waals surface area contributed by atoms with Crippen molar-refractivity contribution in [2.75, 3.05) is 27.2 Å². The Bertz CT molecular complexity index is 195. The van der Waals surface area contributed by atoms with E-state index in [4.69, 9.17) is 5.11 Å². The highest BCUT2D eigenvalue weighted by Crippen LogP contribution is 2.12. The molecule has 5 N–H and O–H groups in total. The summed E-state index contributed by atoms with van der Waals surface area (Å²) in [6.07, 6.45) is 14.8. The van der Waals surface area contributed by atoms with Gasteiger partial charge < -0.3 is 21.3 Å². The van der Waals surface area contributed by atoms with Crippen molar-refractivity contribution in [1.82, 2.24) is 11.1 Å². The van der Waals surface area contributed by atoms with E-state index in [2.05, 4.69) is 19.0 Å². The molecule has 0 radical (unpaired) electrons. The van der Waals surface area contributed by atoms with Crippen LogP contribution >= 0.6 is 12.4 Å². The fraction of sp³-hybridized carbons (Fsp3) is 1.00. The van der Waals surface area contributed by atoms with E-state index in [1.807, 2.05) is 0 Å². The van der Waals surface area contributed by atoms with E-state index in [9.17, 15) is 5.11 Å². The molecule has 0 saturated heterocycles. The molecule has 0 fully saturated rings. The van der Waals surface area contributed by atoms with Gasteiger partial charge in [0.1, 0.15) is 0 Å². The Morgan fingerprint density at radius 3 is 1.45 bits per heavy atom. The van der Waals surface area contributed by atoms with Crippen molar-refractivity contribution in [3.8, 4) is 0 Å². The Hall–Kier alpha value is 0.130. The quantitative estimate of drug-likeness (QED) is 0.391. The normalized spacial score (nSPS) is 11.9. The highest BCUT2D eigenvalue weighted by atomic mass is 35.5. The standard InChI is InChI=1S/C17H37NO2.ClH.H3N/c1-18(2)15-13-11-9-7-5-3-4-6-8-10-12-14-17(20)16-19;;/h17,19-20H,3-16H2,1-2H3;1H;1H3. The number of unbranched alkanes of at least 4 members (excludes halogenated alkanes) is 10. The van der Waals surface area contributed by atoms with Gasteiger partial charge in [-0.05, 0) is 33.5 Å². The van der Waals surface area contributed by atoms with Crippen LogP contribution in [0.15, 0.2) is 0 Å². The maximum atomic E-state index is 9.20.